The Balaban J connectivity index is 1.60. The van der Waals surface area contributed by atoms with Crippen LogP contribution in [0.3, 0.4) is 0 Å². The molecule has 3 heterocycles. The van der Waals surface area contributed by atoms with E-state index in [9.17, 15) is 4.79 Å². The van der Waals surface area contributed by atoms with Crippen molar-refractivity contribution >= 4 is 40.2 Å². The lowest BCUT2D eigenvalue weighted by Gasteiger charge is -2.38. The van der Waals surface area contributed by atoms with Crippen molar-refractivity contribution in [2.45, 2.75) is 44.2 Å². The van der Waals surface area contributed by atoms with E-state index in [0.717, 1.165) is 43.0 Å². The van der Waals surface area contributed by atoms with Crippen molar-refractivity contribution in [3.05, 3.63) is 43.2 Å². The fourth-order valence-electron chi connectivity index (χ4n) is 4.08. The number of hydrogen-bond acceptors (Lipinski definition) is 4. The molecule has 4 rings (SSSR count). The van der Waals surface area contributed by atoms with Crippen LogP contribution >= 0.6 is 34.3 Å². The van der Waals surface area contributed by atoms with Gasteiger partial charge in [-0.15, -0.1) is 22.7 Å². The van der Waals surface area contributed by atoms with Gasteiger partial charge in [0.2, 0.25) is 5.91 Å². The molecular weight excluding hydrogens is 374 g/mol. The average molecular weight is 396 g/mol. The number of nitrogens with zero attached hydrogens (tertiary/aromatic N) is 1. The summed E-state index contributed by atoms with van der Waals surface area (Å²) in [5.74, 6) is 0.439. The van der Waals surface area contributed by atoms with Gasteiger partial charge in [-0.25, -0.2) is 0 Å². The van der Waals surface area contributed by atoms with Crippen molar-refractivity contribution in [1.82, 2.24) is 4.90 Å². The second-order valence-corrected chi connectivity index (χ2v) is 9.54. The molecule has 3 nitrogen and oxygen atoms in total. The van der Waals surface area contributed by atoms with Crippen molar-refractivity contribution in [2.75, 3.05) is 13.7 Å². The lowest BCUT2D eigenvalue weighted by molar-refractivity contribution is -0.139. The molecule has 1 amide bonds. The molecule has 6 heteroatoms. The van der Waals surface area contributed by atoms with E-state index in [0.29, 0.717) is 12.0 Å². The number of ether oxygens (including phenoxy) is 1. The zero-order chi connectivity index (χ0) is 17.4. The number of thiophene rings is 2. The Morgan fingerprint density at radius 2 is 2.04 bits per heavy atom. The predicted molar refractivity (Wildman–Crippen MR) is 104 cm³/mol. The van der Waals surface area contributed by atoms with E-state index in [1.54, 1.807) is 29.8 Å². The summed E-state index contributed by atoms with van der Waals surface area (Å²) in [6.07, 6.45) is 5.11. The Hall–Kier alpha value is -0.880. The lowest BCUT2D eigenvalue weighted by atomic mass is 9.85. The molecular formula is C19H22ClNO2S2. The van der Waals surface area contributed by atoms with Gasteiger partial charge in [-0.2, -0.15) is 0 Å². The first-order chi connectivity index (χ1) is 12.2. The van der Waals surface area contributed by atoms with Gasteiger partial charge in [0.05, 0.1) is 10.4 Å². The standard InChI is InChI=1S/C19H22ClNO2S2/c1-23-14-4-2-13(3-5-14)19(22)21-10-8-12-9-11-24-18(12)17(21)15-6-7-16(20)25-15/h6-7,9,11,13-14,17H,2-5,8,10H2,1H3. The molecule has 2 aromatic heterocycles. The molecule has 25 heavy (non-hydrogen) atoms. The van der Waals surface area contributed by atoms with Crippen LogP contribution in [0, 0.1) is 5.92 Å². The molecule has 0 N–H and O–H groups in total. The van der Waals surface area contributed by atoms with Crippen LogP contribution in [0.4, 0.5) is 0 Å². The van der Waals surface area contributed by atoms with E-state index >= 15 is 0 Å². The second-order valence-electron chi connectivity index (χ2n) is 6.85. The molecule has 0 radical (unpaired) electrons. The van der Waals surface area contributed by atoms with E-state index < -0.39 is 0 Å². The zero-order valence-electron chi connectivity index (χ0n) is 14.2. The van der Waals surface area contributed by atoms with Gasteiger partial charge in [-0.05, 0) is 61.2 Å². The number of carbonyl (C=O) groups is 1. The molecule has 0 aromatic carbocycles. The van der Waals surface area contributed by atoms with Crippen LogP contribution in [0.2, 0.25) is 4.34 Å². The van der Waals surface area contributed by atoms with Gasteiger partial charge in [-0.3, -0.25) is 4.79 Å². The molecule has 0 saturated heterocycles. The summed E-state index contributed by atoms with van der Waals surface area (Å²) in [7, 11) is 1.77. The van der Waals surface area contributed by atoms with Crippen LogP contribution in [0.25, 0.3) is 0 Å². The molecule has 1 saturated carbocycles. The van der Waals surface area contributed by atoms with Crippen molar-refractivity contribution in [3.8, 4) is 0 Å². The zero-order valence-corrected chi connectivity index (χ0v) is 16.6. The maximum Gasteiger partial charge on any atom is 0.226 e. The van der Waals surface area contributed by atoms with Gasteiger partial charge in [0.1, 0.15) is 6.04 Å². The first-order valence-electron chi connectivity index (χ1n) is 8.82. The minimum absolute atomic E-state index is 0.0360. The summed E-state index contributed by atoms with van der Waals surface area (Å²) >= 11 is 9.54. The fraction of sp³-hybridized carbons (Fsp3) is 0.526. The Morgan fingerprint density at radius 3 is 2.72 bits per heavy atom. The summed E-state index contributed by atoms with van der Waals surface area (Å²) in [6.45, 7) is 0.799. The number of fused-ring (bicyclic) bond motifs is 1. The third kappa shape index (κ3) is 3.39. The van der Waals surface area contributed by atoms with Crippen LogP contribution < -0.4 is 0 Å². The van der Waals surface area contributed by atoms with E-state index in [-0.39, 0.29) is 12.0 Å². The van der Waals surface area contributed by atoms with Crippen LogP contribution in [0.15, 0.2) is 23.6 Å². The van der Waals surface area contributed by atoms with Crippen LogP contribution in [-0.2, 0) is 16.0 Å². The summed E-state index contributed by atoms with van der Waals surface area (Å²) in [6, 6.07) is 6.26. The maximum atomic E-state index is 13.3. The molecule has 2 aliphatic rings. The van der Waals surface area contributed by atoms with Gasteiger partial charge in [0.15, 0.2) is 0 Å². The average Bonchev–Trinajstić information content (AvgIpc) is 3.29. The Labute approximate surface area is 161 Å². The normalized spacial score (nSPS) is 26.5. The fourth-order valence-corrected chi connectivity index (χ4v) is 6.42. The van der Waals surface area contributed by atoms with Crippen molar-refractivity contribution in [3.63, 3.8) is 0 Å². The third-order valence-electron chi connectivity index (χ3n) is 5.47. The number of hydrogen-bond donors (Lipinski definition) is 0. The minimum Gasteiger partial charge on any atom is -0.381 e. The van der Waals surface area contributed by atoms with Crippen molar-refractivity contribution in [1.29, 1.82) is 0 Å². The number of methoxy groups -OCH3 is 1. The van der Waals surface area contributed by atoms with Crippen LogP contribution in [0.1, 0.15) is 47.0 Å². The van der Waals surface area contributed by atoms with Gasteiger partial charge < -0.3 is 9.64 Å². The summed E-state index contributed by atoms with van der Waals surface area (Å²) in [5.41, 5.74) is 1.38. The van der Waals surface area contributed by atoms with Crippen LogP contribution in [-0.4, -0.2) is 30.6 Å². The monoisotopic (exact) mass is 395 g/mol. The SMILES string of the molecule is COC1CCC(C(=O)N2CCc3ccsc3C2c2ccc(Cl)s2)CC1. The highest BCUT2D eigenvalue weighted by atomic mass is 35.5. The van der Waals surface area contributed by atoms with Crippen molar-refractivity contribution < 1.29 is 9.53 Å². The molecule has 1 aliphatic carbocycles. The molecule has 1 unspecified atom stereocenters. The van der Waals surface area contributed by atoms with E-state index in [1.807, 2.05) is 6.07 Å². The Kier molecular flexibility index (Phi) is 5.18. The van der Waals surface area contributed by atoms with E-state index in [1.165, 1.54) is 15.3 Å². The maximum absolute atomic E-state index is 13.3. The molecule has 1 fully saturated rings. The van der Waals surface area contributed by atoms with Crippen LogP contribution in [0.5, 0.6) is 0 Å². The van der Waals surface area contributed by atoms with E-state index in [4.69, 9.17) is 16.3 Å². The summed E-state index contributed by atoms with van der Waals surface area (Å²) in [5, 5.41) is 2.14. The number of rotatable bonds is 3. The molecule has 0 bridgehead atoms. The smallest absolute Gasteiger partial charge is 0.226 e. The molecule has 1 aliphatic heterocycles. The van der Waals surface area contributed by atoms with E-state index in [2.05, 4.69) is 22.4 Å². The summed E-state index contributed by atoms with van der Waals surface area (Å²) < 4.78 is 6.24. The highest BCUT2D eigenvalue weighted by Gasteiger charge is 2.38. The lowest BCUT2D eigenvalue weighted by Crippen LogP contribution is -2.44. The second kappa shape index (κ2) is 7.39. The first-order valence-corrected chi connectivity index (χ1v) is 10.9. The molecule has 134 valence electrons. The number of amides is 1. The Morgan fingerprint density at radius 1 is 1.24 bits per heavy atom. The molecule has 0 spiro atoms. The van der Waals surface area contributed by atoms with Gasteiger partial charge >= 0.3 is 0 Å². The van der Waals surface area contributed by atoms with Gasteiger partial charge in [0.25, 0.3) is 0 Å². The summed E-state index contributed by atoms with van der Waals surface area (Å²) in [4.78, 5) is 17.9. The topological polar surface area (TPSA) is 29.5 Å². The van der Waals surface area contributed by atoms with Crippen molar-refractivity contribution in [2.24, 2.45) is 5.92 Å². The highest BCUT2D eigenvalue weighted by Crippen LogP contribution is 2.43. The largest absolute Gasteiger partial charge is 0.381 e. The highest BCUT2D eigenvalue weighted by molar-refractivity contribution is 7.16. The number of halogens is 1. The van der Waals surface area contributed by atoms with Gasteiger partial charge in [-0.1, -0.05) is 11.6 Å². The molecule has 2 aromatic rings. The Bertz CT molecular complexity index is 748. The molecule has 1 atom stereocenters. The predicted octanol–water partition coefficient (Wildman–Crippen LogP) is 5.14. The number of carbonyl (C=O) groups excluding carboxylic acids is 1. The third-order valence-corrected chi connectivity index (χ3v) is 7.76. The van der Waals surface area contributed by atoms with Gasteiger partial charge in [0, 0.05) is 29.3 Å². The minimum atomic E-state index is 0.0360. The first kappa shape index (κ1) is 17.5. The quantitative estimate of drug-likeness (QED) is 0.719.